The van der Waals surface area contributed by atoms with Gasteiger partial charge in [-0.2, -0.15) is 0 Å². The minimum atomic E-state index is -1.03. The average Bonchev–Trinajstić information content (AvgIpc) is 3.32. The molecule has 2 aromatic heterocycles. The van der Waals surface area contributed by atoms with Crippen LogP contribution < -0.4 is 19.7 Å². The predicted molar refractivity (Wildman–Crippen MR) is 130 cm³/mol. The largest absolute Gasteiger partial charge is 0.497 e. The number of imidazole rings is 1. The number of anilines is 2. The Morgan fingerprint density at radius 2 is 1.86 bits per heavy atom. The second-order valence-electron chi connectivity index (χ2n) is 8.53. The number of nitrogens with one attached hydrogen (secondary N) is 1. The number of aromatic nitrogens is 3. The van der Waals surface area contributed by atoms with Gasteiger partial charge < -0.3 is 24.3 Å². The molecule has 1 N–H and O–H groups in total. The van der Waals surface area contributed by atoms with Crippen LogP contribution in [0, 0.1) is 0 Å². The topological polar surface area (TPSA) is 134 Å². The molecule has 0 saturated carbocycles. The molecule has 12 nitrogen and oxygen atoms in total. The second-order valence-corrected chi connectivity index (χ2v) is 8.53. The van der Waals surface area contributed by atoms with Gasteiger partial charge in [0.1, 0.15) is 34.8 Å². The molecule has 0 aliphatic rings. The van der Waals surface area contributed by atoms with Crippen molar-refractivity contribution >= 4 is 35.1 Å². The maximum Gasteiger partial charge on any atom is 0.416 e. The first kappa shape index (κ1) is 26.3. The normalized spacial score (nSPS) is 11.1. The highest BCUT2D eigenvalue weighted by molar-refractivity contribution is 6.37. The lowest BCUT2D eigenvalue weighted by Crippen LogP contribution is -2.37. The Morgan fingerprint density at radius 3 is 2.50 bits per heavy atom. The third-order valence-corrected chi connectivity index (χ3v) is 4.83. The SMILES string of the molecule is CCOC(=O)C(=O)Nc1cnc(N(Cc2ccc(OC)cc2OC)C(=O)OC(C)(C)C)c2cncn12. The first-order valence-corrected chi connectivity index (χ1v) is 11.1. The summed E-state index contributed by atoms with van der Waals surface area (Å²) >= 11 is 0. The van der Waals surface area contributed by atoms with Gasteiger partial charge in [-0.3, -0.25) is 14.1 Å². The summed E-state index contributed by atoms with van der Waals surface area (Å²) in [5, 5.41) is 2.45. The van der Waals surface area contributed by atoms with Crippen molar-refractivity contribution in [1.82, 2.24) is 14.4 Å². The number of hydrogen-bond donors (Lipinski definition) is 1. The maximum atomic E-state index is 13.3. The fourth-order valence-corrected chi connectivity index (χ4v) is 3.26. The quantitative estimate of drug-likeness (QED) is 0.384. The lowest BCUT2D eigenvalue weighted by atomic mass is 10.1. The molecule has 3 aromatic rings. The van der Waals surface area contributed by atoms with E-state index < -0.39 is 23.6 Å². The van der Waals surface area contributed by atoms with Crippen molar-refractivity contribution in [2.45, 2.75) is 39.8 Å². The molecule has 0 aliphatic carbocycles. The van der Waals surface area contributed by atoms with Crippen LogP contribution in [0.15, 0.2) is 36.9 Å². The van der Waals surface area contributed by atoms with E-state index in [1.54, 1.807) is 53.0 Å². The van der Waals surface area contributed by atoms with E-state index in [2.05, 4.69) is 15.3 Å². The van der Waals surface area contributed by atoms with Crippen molar-refractivity contribution in [3.63, 3.8) is 0 Å². The van der Waals surface area contributed by atoms with E-state index in [1.807, 2.05) is 0 Å². The van der Waals surface area contributed by atoms with Crippen molar-refractivity contribution in [2.24, 2.45) is 0 Å². The van der Waals surface area contributed by atoms with E-state index in [9.17, 15) is 14.4 Å². The van der Waals surface area contributed by atoms with Gasteiger partial charge in [-0.1, -0.05) is 0 Å². The molecule has 12 heteroatoms. The van der Waals surface area contributed by atoms with Gasteiger partial charge in [0.05, 0.1) is 39.8 Å². The minimum Gasteiger partial charge on any atom is -0.497 e. The van der Waals surface area contributed by atoms with Crippen molar-refractivity contribution < 1.29 is 33.3 Å². The molecule has 2 heterocycles. The molecule has 192 valence electrons. The fraction of sp³-hybridized carbons (Fsp3) is 0.375. The molecular weight excluding hydrogens is 470 g/mol. The van der Waals surface area contributed by atoms with Crippen molar-refractivity contribution in [1.29, 1.82) is 0 Å². The van der Waals surface area contributed by atoms with Crippen LogP contribution in [0.25, 0.3) is 5.52 Å². The molecule has 0 radical (unpaired) electrons. The molecule has 2 amide bonds. The van der Waals surface area contributed by atoms with Crippen molar-refractivity contribution in [3.05, 3.63) is 42.5 Å². The minimum absolute atomic E-state index is 0.0461. The zero-order valence-corrected chi connectivity index (χ0v) is 21.0. The fourth-order valence-electron chi connectivity index (χ4n) is 3.26. The van der Waals surface area contributed by atoms with Crippen LogP contribution in [-0.2, 0) is 25.6 Å². The van der Waals surface area contributed by atoms with Crippen LogP contribution >= 0.6 is 0 Å². The van der Waals surface area contributed by atoms with E-state index >= 15 is 0 Å². The Hall–Kier alpha value is -4.35. The van der Waals surface area contributed by atoms with Crippen molar-refractivity contribution in [3.8, 4) is 11.5 Å². The zero-order valence-electron chi connectivity index (χ0n) is 21.0. The van der Waals surface area contributed by atoms with E-state index in [1.165, 1.54) is 35.1 Å². The number of fused-ring (bicyclic) bond motifs is 1. The van der Waals surface area contributed by atoms with Crippen LogP contribution in [0.1, 0.15) is 33.3 Å². The number of carbonyl (C=O) groups is 3. The molecule has 0 fully saturated rings. The number of esters is 1. The summed E-state index contributed by atoms with van der Waals surface area (Å²) in [6.07, 6.45) is 3.55. The summed E-state index contributed by atoms with van der Waals surface area (Å²) in [4.78, 5) is 47.1. The second kappa shape index (κ2) is 10.9. The summed E-state index contributed by atoms with van der Waals surface area (Å²) in [5.41, 5.74) is 0.280. The van der Waals surface area contributed by atoms with Gasteiger partial charge in [-0.15, -0.1) is 0 Å². The van der Waals surface area contributed by atoms with Gasteiger partial charge in [-0.25, -0.2) is 19.6 Å². The van der Waals surface area contributed by atoms with Crippen molar-refractivity contribution in [2.75, 3.05) is 31.0 Å². The van der Waals surface area contributed by atoms with Gasteiger partial charge in [0, 0.05) is 11.6 Å². The molecule has 0 saturated heterocycles. The zero-order chi connectivity index (χ0) is 26.5. The molecule has 3 rings (SSSR count). The molecule has 0 bridgehead atoms. The van der Waals surface area contributed by atoms with Crippen LogP contribution in [0.3, 0.4) is 0 Å². The number of methoxy groups -OCH3 is 2. The van der Waals surface area contributed by atoms with E-state index in [4.69, 9.17) is 18.9 Å². The summed E-state index contributed by atoms with van der Waals surface area (Å²) in [6, 6.07) is 5.23. The molecule has 0 unspecified atom stereocenters. The average molecular weight is 500 g/mol. The van der Waals surface area contributed by atoms with Gasteiger partial charge in [-0.05, 0) is 39.8 Å². The van der Waals surface area contributed by atoms with Crippen LogP contribution in [-0.4, -0.2) is 58.8 Å². The van der Waals surface area contributed by atoms with Crippen LogP contribution in [0.2, 0.25) is 0 Å². The van der Waals surface area contributed by atoms with E-state index in [0.717, 1.165) is 0 Å². The number of carbonyl (C=O) groups excluding carboxylic acids is 3. The van der Waals surface area contributed by atoms with Crippen LogP contribution in [0.4, 0.5) is 16.4 Å². The summed E-state index contributed by atoms with van der Waals surface area (Å²) in [5.74, 6) is -0.516. The van der Waals surface area contributed by atoms with E-state index in [-0.39, 0.29) is 24.8 Å². The number of ether oxygens (including phenoxy) is 4. The first-order valence-electron chi connectivity index (χ1n) is 11.1. The third-order valence-electron chi connectivity index (χ3n) is 4.83. The maximum absolute atomic E-state index is 13.3. The first-order chi connectivity index (χ1) is 17.1. The predicted octanol–water partition coefficient (Wildman–Crippen LogP) is 3.19. The number of rotatable bonds is 7. The highest BCUT2D eigenvalue weighted by atomic mass is 16.6. The molecule has 1 aromatic carbocycles. The Labute approximate surface area is 208 Å². The molecule has 36 heavy (non-hydrogen) atoms. The molecule has 0 atom stereocenters. The number of amides is 2. The van der Waals surface area contributed by atoms with Gasteiger partial charge in [0.15, 0.2) is 5.82 Å². The standard InChI is InChI=1S/C24H29N5O7/c1-7-35-22(31)21(30)27-19-12-26-20(17-11-25-14-29(17)19)28(23(32)36-24(2,3)4)13-15-8-9-16(33-5)10-18(15)34-6/h8-12,14H,7,13H2,1-6H3,(H,27,30). The van der Waals surface area contributed by atoms with Gasteiger partial charge in [0.2, 0.25) is 0 Å². The summed E-state index contributed by atoms with van der Waals surface area (Å²) in [6.45, 7) is 6.97. The summed E-state index contributed by atoms with van der Waals surface area (Å²) < 4.78 is 22.6. The third kappa shape index (κ3) is 6.01. The molecular formula is C24H29N5O7. The lowest BCUT2D eigenvalue weighted by molar-refractivity contribution is -0.152. The van der Waals surface area contributed by atoms with E-state index in [0.29, 0.717) is 22.6 Å². The smallest absolute Gasteiger partial charge is 0.416 e. The van der Waals surface area contributed by atoms with Gasteiger partial charge in [0.25, 0.3) is 0 Å². The number of hydrogen-bond acceptors (Lipinski definition) is 9. The highest BCUT2D eigenvalue weighted by Crippen LogP contribution is 2.30. The molecule has 0 spiro atoms. The monoisotopic (exact) mass is 499 g/mol. The highest BCUT2D eigenvalue weighted by Gasteiger charge is 2.28. The number of nitrogens with zero attached hydrogens (tertiary/aromatic N) is 4. The molecule has 0 aliphatic heterocycles. The Kier molecular flexibility index (Phi) is 7.97. The number of benzene rings is 1. The van der Waals surface area contributed by atoms with Crippen LogP contribution in [0.5, 0.6) is 11.5 Å². The van der Waals surface area contributed by atoms with Gasteiger partial charge >= 0.3 is 18.0 Å². The Balaban J connectivity index is 2.05. The summed E-state index contributed by atoms with van der Waals surface area (Å²) in [7, 11) is 3.06. The Bertz CT molecular complexity index is 1270. The lowest BCUT2D eigenvalue weighted by Gasteiger charge is -2.28. The Morgan fingerprint density at radius 1 is 1.11 bits per heavy atom.